The van der Waals surface area contributed by atoms with E-state index in [1.165, 1.54) is 12.1 Å². The summed E-state index contributed by atoms with van der Waals surface area (Å²) >= 11 is 0. The van der Waals surface area contributed by atoms with Crippen LogP contribution in [0.25, 0.3) is 11.1 Å². The zero-order chi connectivity index (χ0) is 14.5. The second-order valence-electron chi connectivity index (χ2n) is 4.05. The molecule has 100 valence electrons. The first-order chi connectivity index (χ1) is 9.72. The molecule has 0 heterocycles. The number of halogens is 1. The quantitative estimate of drug-likeness (QED) is 0.797. The number of ether oxygens (including phenoxy) is 1. The summed E-state index contributed by atoms with van der Waals surface area (Å²) in [6, 6.07) is 11.4. The lowest BCUT2D eigenvalue weighted by Gasteiger charge is -2.13. The maximum Gasteiger partial charge on any atom is 0.150 e. The summed E-state index contributed by atoms with van der Waals surface area (Å²) in [5.74, 6) is -0.226. The van der Waals surface area contributed by atoms with Crippen molar-refractivity contribution < 1.29 is 13.9 Å². The van der Waals surface area contributed by atoms with E-state index in [0.717, 1.165) is 0 Å². The molecule has 2 aromatic rings. The van der Waals surface area contributed by atoms with Gasteiger partial charge in [-0.15, -0.1) is 0 Å². The number of aldehydes is 1. The van der Waals surface area contributed by atoms with E-state index < -0.39 is 5.82 Å². The van der Waals surface area contributed by atoms with Crippen LogP contribution < -0.4 is 4.74 Å². The molecule has 2 aromatic carbocycles. The van der Waals surface area contributed by atoms with Gasteiger partial charge in [-0.1, -0.05) is 18.2 Å². The standard InChI is InChI=1S/C16H12FNO2/c1-2-20-14-6-4-3-5-13(14)15-12(10-19)8-7-11(9-18)16(15)17/h3-8,10H,2H2,1H3. The van der Waals surface area contributed by atoms with Gasteiger partial charge in [-0.3, -0.25) is 4.79 Å². The van der Waals surface area contributed by atoms with Gasteiger partial charge in [-0.05, 0) is 25.1 Å². The summed E-state index contributed by atoms with van der Waals surface area (Å²) in [4.78, 5) is 11.1. The molecule has 0 saturated carbocycles. The number of benzene rings is 2. The number of hydrogen-bond acceptors (Lipinski definition) is 3. The second kappa shape index (κ2) is 5.98. The minimum Gasteiger partial charge on any atom is -0.493 e. The van der Waals surface area contributed by atoms with Gasteiger partial charge in [0.25, 0.3) is 0 Å². The SMILES string of the molecule is CCOc1ccccc1-c1c(C=O)ccc(C#N)c1F. The summed E-state index contributed by atoms with van der Waals surface area (Å²) in [6.45, 7) is 2.24. The Morgan fingerprint density at radius 2 is 2.05 bits per heavy atom. The summed E-state index contributed by atoms with van der Waals surface area (Å²) in [5, 5.41) is 8.92. The first kappa shape index (κ1) is 13.8. The third kappa shape index (κ3) is 2.39. The molecule has 0 radical (unpaired) electrons. The van der Waals surface area contributed by atoms with E-state index in [9.17, 15) is 9.18 Å². The van der Waals surface area contributed by atoms with Crippen LogP contribution in [0.5, 0.6) is 5.75 Å². The van der Waals surface area contributed by atoms with Crippen molar-refractivity contribution in [2.24, 2.45) is 0 Å². The molecule has 0 saturated heterocycles. The minimum atomic E-state index is -0.704. The van der Waals surface area contributed by atoms with E-state index in [1.54, 1.807) is 30.3 Å². The van der Waals surface area contributed by atoms with Gasteiger partial charge in [-0.25, -0.2) is 4.39 Å². The van der Waals surface area contributed by atoms with Crippen LogP contribution in [0, 0.1) is 17.1 Å². The van der Waals surface area contributed by atoms with E-state index in [4.69, 9.17) is 10.00 Å². The molecule has 0 unspecified atom stereocenters. The summed E-state index contributed by atoms with van der Waals surface area (Å²) < 4.78 is 19.8. The molecule has 0 aliphatic heterocycles. The molecular weight excluding hydrogens is 257 g/mol. The van der Waals surface area contributed by atoms with Crippen LogP contribution >= 0.6 is 0 Å². The highest BCUT2D eigenvalue weighted by atomic mass is 19.1. The Morgan fingerprint density at radius 3 is 2.70 bits per heavy atom. The third-order valence-electron chi connectivity index (χ3n) is 2.88. The van der Waals surface area contributed by atoms with Crippen molar-refractivity contribution >= 4 is 6.29 Å². The number of carbonyl (C=O) groups is 1. The Hall–Kier alpha value is -2.67. The number of hydrogen-bond donors (Lipinski definition) is 0. The van der Waals surface area contributed by atoms with E-state index in [-0.39, 0.29) is 16.7 Å². The lowest BCUT2D eigenvalue weighted by atomic mass is 9.96. The van der Waals surface area contributed by atoms with Crippen molar-refractivity contribution in [3.8, 4) is 22.9 Å². The monoisotopic (exact) mass is 269 g/mol. The smallest absolute Gasteiger partial charge is 0.150 e. The normalized spacial score (nSPS) is 9.85. The number of nitriles is 1. The van der Waals surface area contributed by atoms with Gasteiger partial charge in [0, 0.05) is 16.7 Å². The molecule has 0 amide bonds. The fourth-order valence-corrected chi connectivity index (χ4v) is 2.00. The average molecular weight is 269 g/mol. The van der Waals surface area contributed by atoms with Crippen molar-refractivity contribution in [1.29, 1.82) is 5.26 Å². The van der Waals surface area contributed by atoms with Gasteiger partial charge in [0.2, 0.25) is 0 Å². The predicted molar refractivity (Wildman–Crippen MR) is 73.1 cm³/mol. The lowest BCUT2D eigenvalue weighted by molar-refractivity contribution is 0.112. The Labute approximate surface area is 116 Å². The third-order valence-corrected chi connectivity index (χ3v) is 2.88. The van der Waals surface area contributed by atoms with Crippen LogP contribution in [0.4, 0.5) is 4.39 Å². The predicted octanol–water partition coefficient (Wildman–Crippen LogP) is 3.58. The van der Waals surface area contributed by atoms with Crippen molar-refractivity contribution in [2.75, 3.05) is 6.61 Å². The van der Waals surface area contributed by atoms with Crippen LogP contribution in [-0.4, -0.2) is 12.9 Å². The summed E-state index contributed by atoms with van der Waals surface area (Å²) in [6.07, 6.45) is 0.572. The molecule has 0 spiro atoms. The topological polar surface area (TPSA) is 50.1 Å². The van der Waals surface area contributed by atoms with Gasteiger partial charge in [-0.2, -0.15) is 5.26 Å². The molecule has 0 fully saturated rings. The van der Waals surface area contributed by atoms with Crippen molar-refractivity contribution in [3.63, 3.8) is 0 Å². The van der Waals surface area contributed by atoms with Crippen LogP contribution in [0.15, 0.2) is 36.4 Å². The molecule has 0 bridgehead atoms. The lowest BCUT2D eigenvalue weighted by Crippen LogP contribution is -1.99. The molecule has 3 nitrogen and oxygen atoms in total. The average Bonchev–Trinajstić information content (AvgIpc) is 2.48. The molecular formula is C16H12FNO2. The number of rotatable bonds is 4. The first-order valence-corrected chi connectivity index (χ1v) is 6.12. The van der Waals surface area contributed by atoms with Crippen molar-refractivity contribution in [1.82, 2.24) is 0 Å². The van der Waals surface area contributed by atoms with Gasteiger partial charge < -0.3 is 4.74 Å². The molecule has 0 atom stereocenters. The second-order valence-corrected chi connectivity index (χ2v) is 4.05. The zero-order valence-corrected chi connectivity index (χ0v) is 10.9. The van der Waals surface area contributed by atoms with Crippen LogP contribution in [0.1, 0.15) is 22.8 Å². The van der Waals surface area contributed by atoms with E-state index in [2.05, 4.69) is 0 Å². The molecule has 0 aliphatic rings. The van der Waals surface area contributed by atoms with Gasteiger partial charge in [0.1, 0.15) is 17.6 Å². The first-order valence-electron chi connectivity index (χ1n) is 6.12. The van der Waals surface area contributed by atoms with Gasteiger partial charge in [0.05, 0.1) is 12.2 Å². The fraction of sp³-hybridized carbons (Fsp3) is 0.125. The highest BCUT2D eigenvalue weighted by Gasteiger charge is 2.18. The van der Waals surface area contributed by atoms with Crippen LogP contribution in [0.3, 0.4) is 0 Å². The highest BCUT2D eigenvalue weighted by Crippen LogP contribution is 2.34. The highest BCUT2D eigenvalue weighted by molar-refractivity contribution is 5.90. The zero-order valence-electron chi connectivity index (χ0n) is 10.9. The van der Waals surface area contributed by atoms with E-state index in [0.29, 0.717) is 24.2 Å². The molecule has 4 heteroatoms. The fourth-order valence-electron chi connectivity index (χ4n) is 2.00. The van der Waals surface area contributed by atoms with Gasteiger partial charge >= 0.3 is 0 Å². The van der Waals surface area contributed by atoms with E-state index >= 15 is 0 Å². The maximum absolute atomic E-state index is 14.4. The largest absolute Gasteiger partial charge is 0.493 e. The summed E-state index contributed by atoms with van der Waals surface area (Å²) in [7, 11) is 0. The van der Waals surface area contributed by atoms with Crippen molar-refractivity contribution in [3.05, 3.63) is 53.3 Å². The molecule has 0 aliphatic carbocycles. The maximum atomic E-state index is 14.4. The molecule has 20 heavy (non-hydrogen) atoms. The van der Waals surface area contributed by atoms with Crippen LogP contribution in [-0.2, 0) is 0 Å². The van der Waals surface area contributed by atoms with E-state index in [1.807, 2.05) is 6.92 Å². The Balaban J connectivity index is 2.75. The Bertz CT molecular complexity index is 689. The number of carbonyl (C=O) groups excluding carboxylic acids is 1. The van der Waals surface area contributed by atoms with Crippen LogP contribution in [0.2, 0.25) is 0 Å². The van der Waals surface area contributed by atoms with Gasteiger partial charge in [0.15, 0.2) is 6.29 Å². The number of para-hydroxylation sites is 1. The molecule has 0 aromatic heterocycles. The number of nitrogens with zero attached hydrogens (tertiary/aromatic N) is 1. The summed E-state index contributed by atoms with van der Waals surface area (Å²) in [5.41, 5.74) is 0.653. The molecule has 2 rings (SSSR count). The Morgan fingerprint density at radius 1 is 1.30 bits per heavy atom. The van der Waals surface area contributed by atoms with Crippen molar-refractivity contribution in [2.45, 2.75) is 6.92 Å². The minimum absolute atomic E-state index is 0.100. The molecule has 0 N–H and O–H groups in total. The Kier molecular flexibility index (Phi) is 4.11.